The van der Waals surface area contributed by atoms with E-state index in [0.717, 1.165) is 21.8 Å². The highest BCUT2D eigenvalue weighted by molar-refractivity contribution is 8.00. The Kier molecular flexibility index (Phi) is 4.63. The topological polar surface area (TPSA) is 34.9 Å². The Morgan fingerprint density at radius 1 is 1.00 bits per heavy atom. The number of benzene rings is 2. The third-order valence-electron chi connectivity index (χ3n) is 3.54. The number of hydrogen-bond donors (Lipinski definition) is 0. The summed E-state index contributed by atoms with van der Waals surface area (Å²) < 4.78 is 1.52. The molecule has 4 heteroatoms. The maximum atomic E-state index is 13.1. The quantitative estimate of drug-likeness (QED) is 0.655. The van der Waals surface area contributed by atoms with Crippen molar-refractivity contribution in [2.75, 3.05) is 0 Å². The van der Waals surface area contributed by atoms with Crippen LogP contribution >= 0.6 is 11.8 Å². The second-order valence-electron chi connectivity index (χ2n) is 5.40. The van der Waals surface area contributed by atoms with Crippen LogP contribution in [0.15, 0.2) is 71.6 Å². The van der Waals surface area contributed by atoms with E-state index in [2.05, 4.69) is 5.10 Å². The molecule has 3 nitrogen and oxygen atoms in total. The summed E-state index contributed by atoms with van der Waals surface area (Å²) in [5.41, 5.74) is 2.70. The van der Waals surface area contributed by atoms with Crippen molar-refractivity contribution in [3.63, 3.8) is 0 Å². The van der Waals surface area contributed by atoms with Gasteiger partial charge in [-0.2, -0.15) is 5.10 Å². The molecular weight excluding hydrogens is 304 g/mol. The third kappa shape index (κ3) is 3.54. The first-order valence-electron chi connectivity index (χ1n) is 7.49. The second kappa shape index (κ2) is 6.84. The molecule has 116 valence electrons. The van der Waals surface area contributed by atoms with Crippen molar-refractivity contribution in [2.45, 2.75) is 24.0 Å². The Balaban J connectivity index is 1.98. The van der Waals surface area contributed by atoms with Gasteiger partial charge in [-0.05, 0) is 37.6 Å². The number of carbonyl (C=O) groups is 1. The zero-order chi connectivity index (χ0) is 16.2. The lowest BCUT2D eigenvalue weighted by molar-refractivity contribution is 0.0891. The van der Waals surface area contributed by atoms with Gasteiger partial charge in [0.2, 0.25) is 0 Å². The van der Waals surface area contributed by atoms with Gasteiger partial charge in [0.1, 0.15) is 5.25 Å². The molecule has 0 aliphatic heterocycles. The minimum Gasteiger partial charge on any atom is -0.271 e. The van der Waals surface area contributed by atoms with Crippen LogP contribution in [0.25, 0.3) is 0 Å². The van der Waals surface area contributed by atoms with Gasteiger partial charge in [-0.3, -0.25) is 4.79 Å². The molecule has 3 aromatic rings. The van der Waals surface area contributed by atoms with Crippen molar-refractivity contribution < 1.29 is 4.79 Å². The lowest BCUT2D eigenvalue weighted by Crippen LogP contribution is -2.20. The number of nitrogens with zero attached hydrogens (tertiary/aromatic N) is 2. The summed E-state index contributed by atoms with van der Waals surface area (Å²) in [5, 5.41) is 4.03. The fourth-order valence-corrected chi connectivity index (χ4v) is 3.57. The van der Waals surface area contributed by atoms with Gasteiger partial charge in [0.05, 0.1) is 5.69 Å². The van der Waals surface area contributed by atoms with Gasteiger partial charge in [0.25, 0.3) is 5.91 Å². The van der Waals surface area contributed by atoms with E-state index in [9.17, 15) is 4.79 Å². The van der Waals surface area contributed by atoms with E-state index in [1.807, 2.05) is 80.6 Å². The molecule has 0 spiro atoms. The van der Waals surface area contributed by atoms with Crippen LogP contribution in [0, 0.1) is 13.8 Å². The average Bonchev–Trinajstić information content (AvgIpc) is 2.92. The molecule has 1 heterocycles. The Hall–Kier alpha value is -2.33. The highest BCUT2D eigenvalue weighted by Gasteiger charge is 2.25. The molecule has 3 rings (SSSR count). The molecule has 0 radical (unpaired) electrons. The Bertz CT molecular complexity index is 797. The van der Waals surface area contributed by atoms with Crippen LogP contribution in [0.3, 0.4) is 0 Å². The molecule has 0 saturated heterocycles. The zero-order valence-electron chi connectivity index (χ0n) is 13.1. The van der Waals surface area contributed by atoms with Crippen LogP contribution in [0.1, 0.15) is 27.0 Å². The predicted molar refractivity (Wildman–Crippen MR) is 93.8 cm³/mol. The first kappa shape index (κ1) is 15.6. The lowest BCUT2D eigenvalue weighted by atomic mass is 10.1. The van der Waals surface area contributed by atoms with E-state index >= 15 is 0 Å². The minimum atomic E-state index is -0.323. The molecule has 2 aromatic carbocycles. The normalized spacial score (nSPS) is 12.1. The van der Waals surface area contributed by atoms with Crippen LogP contribution < -0.4 is 0 Å². The molecular formula is C19H18N2OS. The molecule has 1 unspecified atom stereocenters. The standard InChI is InChI=1S/C19H18N2OS/c1-14-13-15(2)21(20-14)19(22)18(16-9-5-3-6-10-16)23-17-11-7-4-8-12-17/h3-13,18H,1-2H3. The minimum absolute atomic E-state index is 0.0179. The van der Waals surface area contributed by atoms with Gasteiger partial charge < -0.3 is 0 Å². The Labute approximate surface area is 140 Å². The molecule has 23 heavy (non-hydrogen) atoms. The fraction of sp³-hybridized carbons (Fsp3) is 0.158. The first-order chi connectivity index (χ1) is 11.1. The summed E-state index contributed by atoms with van der Waals surface area (Å²) >= 11 is 1.55. The molecule has 1 atom stereocenters. The van der Waals surface area contributed by atoms with Crippen molar-refractivity contribution in [3.8, 4) is 0 Å². The van der Waals surface area contributed by atoms with E-state index in [0.29, 0.717) is 0 Å². The maximum absolute atomic E-state index is 13.1. The smallest absolute Gasteiger partial charge is 0.265 e. The molecule has 0 amide bonds. The molecule has 0 saturated carbocycles. The monoisotopic (exact) mass is 322 g/mol. The number of aromatic nitrogens is 2. The fourth-order valence-electron chi connectivity index (χ4n) is 2.49. The van der Waals surface area contributed by atoms with Crippen molar-refractivity contribution in [3.05, 3.63) is 83.7 Å². The molecule has 1 aromatic heterocycles. The summed E-state index contributed by atoms with van der Waals surface area (Å²) in [5.74, 6) is -0.0179. The SMILES string of the molecule is Cc1cc(C)n(C(=O)C(Sc2ccccc2)c2ccccc2)n1. The van der Waals surface area contributed by atoms with Gasteiger partial charge in [0.15, 0.2) is 0 Å². The average molecular weight is 322 g/mol. The molecule has 0 aliphatic rings. The highest BCUT2D eigenvalue weighted by atomic mass is 32.2. The van der Waals surface area contributed by atoms with E-state index in [1.165, 1.54) is 4.68 Å². The van der Waals surface area contributed by atoms with Crippen LogP contribution in [0.5, 0.6) is 0 Å². The van der Waals surface area contributed by atoms with Crippen LogP contribution in [-0.4, -0.2) is 15.7 Å². The van der Waals surface area contributed by atoms with E-state index < -0.39 is 0 Å². The molecule has 0 bridgehead atoms. The maximum Gasteiger partial charge on any atom is 0.265 e. The number of hydrogen-bond acceptors (Lipinski definition) is 3. The highest BCUT2D eigenvalue weighted by Crippen LogP contribution is 2.36. The summed E-state index contributed by atoms with van der Waals surface area (Å²) in [6.07, 6.45) is 0. The van der Waals surface area contributed by atoms with Gasteiger partial charge in [0, 0.05) is 10.6 Å². The summed E-state index contributed by atoms with van der Waals surface area (Å²) in [7, 11) is 0. The van der Waals surface area contributed by atoms with Gasteiger partial charge in [-0.1, -0.05) is 48.5 Å². The molecule has 0 aliphatic carbocycles. The molecule has 0 N–H and O–H groups in total. The van der Waals surface area contributed by atoms with Crippen molar-refractivity contribution in [1.29, 1.82) is 0 Å². The largest absolute Gasteiger partial charge is 0.271 e. The van der Waals surface area contributed by atoms with Crippen molar-refractivity contribution in [1.82, 2.24) is 9.78 Å². The number of carbonyl (C=O) groups excluding carboxylic acids is 1. The Morgan fingerprint density at radius 2 is 1.61 bits per heavy atom. The summed E-state index contributed by atoms with van der Waals surface area (Å²) in [4.78, 5) is 14.1. The number of thioether (sulfide) groups is 1. The van der Waals surface area contributed by atoms with Crippen molar-refractivity contribution >= 4 is 17.7 Å². The van der Waals surface area contributed by atoms with Crippen LogP contribution in [-0.2, 0) is 0 Å². The number of aryl methyl sites for hydroxylation is 2. The summed E-state index contributed by atoms with van der Waals surface area (Å²) in [6, 6.07) is 21.8. The van der Waals surface area contributed by atoms with Gasteiger partial charge >= 0.3 is 0 Å². The van der Waals surface area contributed by atoms with E-state index in [1.54, 1.807) is 11.8 Å². The Morgan fingerprint density at radius 3 is 2.17 bits per heavy atom. The van der Waals surface area contributed by atoms with E-state index in [-0.39, 0.29) is 11.2 Å². The lowest BCUT2D eigenvalue weighted by Gasteiger charge is -2.16. The van der Waals surface area contributed by atoms with Gasteiger partial charge in [-0.15, -0.1) is 11.8 Å². The first-order valence-corrected chi connectivity index (χ1v) is 8.37. The van der Waals surface area contributed by atoms with Crippen molar-refractivity contribution in [2.24, 2.45) is 0 Å². The van der Waals surface area contributed by atoms with E-state index in [4.69, 9.17) is 0 Å². The number of rotatable bonds is 4. The predicted octanol–water partition coefficient (Wildman–Crippen LogP) is 4.67. The van der Waals surface area contributed by atoms with Crippen LogP contribution in [0.4, 0.5) is 0 Å². The van der Waals surface area contributed by atoms with Gasteiger partial charge in [-0.25, -0.2) is 4.68 Å². The zero-order valence-corrected chi connectivity index (χ0v) is 14.0. The molecule has 0 fully saturated rings. The second-order valence-corrected chi connectivity index (χ2v) is 6.58. The van der Waals surface area contributed by atoms with Crippen LogP contribution in [0.2, 0.25) is 0 Å². The summed E-state index contributed by atoms with van der Waals surface area (Å²) in [6.45, 7) is 3.81. The third-order valence-corrected chi connectivity index (χ3v) is 4.80.